The lowest BCUT2D eigenvalue weighted by Crippen LogP contribution is -2.26. The third-order valence-corrected chi connectivity index (χ3v) is 4.19. The van der Waals surface area contributed by atoms with Gasteiger partial charge in [0.05, 0.1) is 4.92 Å². The average molecular weight is 283 g/mol. The SMILES string of the molecule is O=[N+]([O-])c1ccc(N2CC3CNCC3C2)c(C(F)F)c1. The largest absolute Gasteiger partial charge is 0.370 e. The predicted octanol–water partition coefficient (Wildman–Crippen LogP) is 2.19. The molecule has 3 rings (SSSR count). The smallest absolute Gasteiger partial charge is 0.270 e. The number of non-ortho nitro benzene ring substituents is 1. The molecule has 2 aliphatic heterocycles. The van der Waals surface area contributed by atoms with E-state index < -0.39 is 11.3 Å². The topological polar surface area (TPSA) is 58.4 Å². The molecule has 2 aliphatic rings. The lowest BCUT2D eigenvalue weighted by molar-refractivity contribution is -0.385. The number of anilines is 1. The van der Waals surface area contributed by atoms with Gasteiger partial charge in [-0.2, -0.15) is 0 Å². The summed E-state index contributed by atoms with van der Waals surface area (Å²) in [5, 5.41) is 14.0. The van der Waals surface area contributed by atoms with Crippen molar-refractivity contribution in [3.63, 3.8) is 0 Å². The minimum atomic E-state index is -2.71. The van der Waals surface area contributed by atoms with Crippen molar-refractivity contribution < 1.29 is 13.7 Å². The predicted molar refractivity (Wildman–Crippen MR) is 70.1 cm³/mol. The Hall–Kier alpha value is -1.76. The Morgan fingerprint density at radius 1 is 1.30 bits per heavy atom. The number of rotatable bonds is 3. The van der Waals surface area contributed by atoms with Gasteiger partial charge in [0.1, 0.15) is 0 Å². The van der Waals surface area contributed by atoms with Gasteiger partial charge in [-0.1, -0.05) is 0 Å². The number of nitrogens with one attached hydrogen (secondary N) is 1. The Morgan fingerprint density at radius 3 is 2.50 bits per heavy atom. The van der Waals surface area contributed by atoms with Gasteiger partial charge in [0.15, 0.2) is 0 Å². The third kappa shape index (κ3) is 2.22. The summed E-state index contributed by atoms with van der Waals surface area (Å²) < 4.78 is 26.3. The van der Waals surface area contributed by atoms with E-state index in [1.54, 1.807) is 0 Å². The van der Waals surface area contributed by atoms with Gasteiger partial charge in [-0.3, -0.25) is 10.1 Å². The summed E-state index contributed by atoms with van der Waals surface area (Å²) in [4.78, 5) is 12.0. The van der Waals surface area contributed by atoms with E-state index in [4.69, 9.17) is 0 Å². The summed E-state index contributed by atoms with van der Waals surface area (Å²) in [7, 11) is 0. The zero-order valence-electron chi connectivity index (χ0n) is 10.8. The van der Waals surface area contributed by atoms with Gasteiger partial charge in [-0.15, -0.1) is 0 Å². The molecule has 0 aromatic heterocycles. The van der Waals surface area contributed by atoms with Gasteiger partial charge in [-0.05, 0) is 17.9 Å². The molecule has 2 fully saturated rings. The third-order valence-electron chi connectivity index (χ3n) is 4.19. The van der Waals surface area contributed by atoms with E-state index in [2.05, 4.69) is 5.32 Å². The van der Waals surface area contributed by atoms with Gasteiger partial charge in [0.2, 0.25) is 0 Å². The van der Waals surface area contributed by atoms with Crippen molar-refractivity contribution in [1.29, 1.82) is 0 Å². The van der Waals surface area contributed by atoms with E-state index in [1.165, 1.54) is 12.1 Å². The monoisotopic (exact) mass is 283 g/mol. The van der Waals surface area contributed by atoms with E-state index in [1.807, 2.05) is 4.90 Å². The number of nitrogens with zero attached hydrogens (tertiary/aromatic N) is 2. The number of halogens is 2. The molecule has 0 aliphatic carbocycles. The normalized spacial score (nSPS) is 25.2. The zero-order chi connectivity index (χ0) is 14.3. The van der Waals surface area contributed by atoms with Gasteiger partial charge in [0, 0.05) is 49.6 Å². The molecule has 1 aromatic carbocycles. The number of nitro benzene ring substituents is 1. The first kappa shape index (κ1) is 13.2. The van der Waals surface area contributed by atoms with E-state index >= 15 is 0 Å². The average Bonchev–Trinajstić information content (AvgIpc) is 2.98. The van der Waals surface area contributed by atoms with Crippen molar-refractivity contribution in [2.45, 2.75) is 6.43 Å². The molecule has 2 saturated heterocycles. The highest BCUT2D eigenvalue weighted by Crippen LogP contribution is 2.37. The minimum Gasteiger partial charge on any atom is -0.370 e. The molecule has 5 nitrogen and oxygen atoms in total. The maximum atomic E-state index is 13.2. The fraction of sp³-hybridized carbons (Fsp3) is 0.538. The number of hydrogen-bond acceptors (Lipinski definition) is 4. The zero-order valence-corrected chi connectivity index (χ0v) is 10.8. The van der Waals surface area contributed by atoms with Crippen molar-refractivity contribution in [3.8, 4) is 0 Å². The number of benzene rings is 1. The van der Waals surface area contributed by atoms with E-state index in [0.29, 0.717) is 17.5 Å². The summed E-state index contributed by atoms with van der Waals surface area (Å²) in [6.07, 6.45) is -2.71. The molecule has 0 radical (unpaired) electrons. The summed E-state index contributed by atoms with van der Waals surface area (Å²) >= 11 is 0. The molecule has 7 heteroatoms. The molecule has 0 spiro atoms. The van der Waals surface area contributed by atoms with E-state index in [0.717, 1.165) is 32.2 Å². The maximum Gasteiger partial charge on any atom is 0.270 e. The Labute approximate surface area is 114 Å². The fourth-order valence-electron chi connectivity index (χ4n) is 3.17. The summed E-state index contributed by atoms with van der Waals surface area (Å²) in [5.41, 5.74) is -0.0998. The highest BCUT2D eigenvalue weighted by molar-refractivity contribution is 5.59. The molecule has 20 heavy (non-hydrogen) atoms. The van der Waals surface area contributed by atoms with Crippen molar-refractivity contribution >= 4 is 11.4 Å². The van der Waals surface area contributed by atoms with Crippen LogP contribution in [0.15, 0.2) is 18.2 Å². The van der Waals surface area contributed by atoms with Crippen LogP contribution in [-0.2, 0) is 0 Å². The Balaban J connectivity index is 1.91. The molecule has 0 bridgehead atoms. The van der Waals surface area contributed by atoms with E-state index in [-0.39, 0.29) is 11.3 Å². The Bertz CT molecular complexity index is 526. The van der Waals surface area contributed by atoms with Crippen molar-refractivity contribution in [3.05, 3.63) is 33.9 Å². The molecule has 2 unspecified atom stereocenters. The molecular formula is C13H15F2N3O2. The molecular weight excluding hydrogens is 268 g/mol. The second-order valence-electron chi connectivity index (χ2n) is 5.38. The lowest BCUT2D eigenvalue weighted by Gasteiger charge is -2.22. The maximum absolute atomic E-state index is 13.2. The van der Waals surface area contributed by atoms with Crippen LogP contribution in [0, 0.1) is 22.0 Å². The van der Waals surface area contributed by atoms with Crippen molar-refractivity contribution in [2.75, 3.05) is 31.1 Å². The molecule has 1 N–H and O–H groups in total. The number of fused-ring (bicyclic) bond motifs is 1. The van der Waals surface area contributed by atoms with Crippen LogP contribution in [0.1, 0.15) is 12.0 Å². The quantitative estimate of drug-likeness (QED) is 0.682. The summed E-state index contributed by atoms with van der Waals surface area (Å²) in [6, 6.07) is 3.74. The number of hydrogen-bond donors (Lipinski definition) is 1. The van der Waals surface area contributed by atoms with Crippen LogP contribution >= 0.6 is 0 Å². The minimum absolute atomic E-state index is 0.243. The van der Waals surface area contributed by atoms with Gasteiger partial charge in [0.25, 0.3) is 12.1 Å². The fourth-order valence-corrected chi connectivity index (χ4v) is 3.17. The molecule has 2 heterocycles. The standard InChI is InChI=1S/C13H15F2N3O2/c14-13(15)11-3-10(18(19)20)1-2-12(11)17-6-8-4-16-5-9(8)7-17/h1-3,8-9,13,16H,4-7H2. The first-order valence-corrected chi connectivity index (χ1v) is 6.58. The molecule has 1 aromatic rings. The Kier molecular flexibility index (Phi) is 3.29. The lowest BCUT2D eigenvalue weighted by atomic mass is 10.0. The van der Waals surface area contributed by atoms with Crippen LogP contribution < -0.4 is 10.2 Å². The summed E-state index contributed by atoms with van der Waals surface area (Å²) in [6.45, 7) is 3.29. The van der Waals surface area contributed by atoms with Crippen molar-refractivity contribution in [2.24, 2.45) is 11.8 Å². The van der Waals surface area contributed by atoms with Gasteiger partial charge in [-0.25, -0.2) is 8.78 Å². The molecule has 108 valence electrons. The van der Waals surface area contributed by atoms with Crippen molar-refractivity contribution in [1.82, 2.24) is 5.32 Å². The summed E-state index contributed by atoms with van der Waals surface area (Å²) in [5.74, 6) is 0.964. The highest BCUT2D eigenvalue weighted by atomic mass is 19.3. The van der Waals surface area contributed by atoms with Crippen LogP contribution in [0.2, 0.25) is 0 Å². The van der Waals surface area contributed by atoms with Gasteiger partial charge < -0.3 is 10.2 Å². The Morgan fingerprint density at radius 2 is 1.95 bits per heavy atom. The second-order valence-corrected chi connectivity index (χ2v) is 5.38. The van der Waals surface area contributed by atoms with Crippen LogP contribution in [0.5, 0.6) is 0 Å². The second kappa shape index (κ2) is 4.97. The van der Waals surface area contributed by atoms with Gasteiger partial charge >= 0.3 is 0 Å². The number of nitro groups is 1. The first-order chi connectivity index (χ1) is 9.56. The van der Waals surface area contributed by atoms with Crippen LogP contribution in [0.3, 0.4) is 0 Å². The highest BCUT2D eigenvalue weighted by Gasteiger charge is 2.37. The van der Waals surface area contributed by atoms with Crippen LogP contribution in [0.4, 0.5) is 20.2 Å². The molecule has 2 atom stereocenters. The molecule has 0 amide bonds. The number of alkyl halides is 2. The molecule has 0 saturated carbocycles. The van der Waals surface area contributed by atoms with E-state index in [9.17, 15) is 18.9 Å². The van der Waals surface area contributed by atoms with Crippen LogP contribution in [0.25, 0.3) is 0 Å². The van der Waals surface area contributed by atoms with Crippen LogP contribution in [-0.4, -0.2) is 31.1 Å². The first-order valence-electron chi connectivity index (χ1n) is 6.58.